The van der Waals surface area contributed by atoms with Crippen LogP contribution in [0.5, 0.6) is 5.75 Å². The maximum absolute atomic E-state index is 13.5. The highest BCUT2D eigenvalue weighted by molar-refractivity contribution is 5.46. The average molecular weight is 463 g/mol. The molecular formula is C25H32F2N2O4. The lowest BCUT2D eigenvalue weighted by molar-refractivity contribution is -0.0742. The van der Waals surface area contributed by atoms with Gasteiger partial charge in [0.15, 0.2) is 0 Å². The molecule has 0 radical (unpaired) electrons. The quantitative estimate of drug-likeness (QED) is 0.689. The predicted molar refractivity (Wildman–Crippen MR) is 122 cm³/mol. The van der Waals surface area contributed by atoms with Crippen molar-refractivity contribution in [3.63, 3.8) is 0 Å². The molecule has 0 spiro atoms. The second kappa shape index (κ2) is 9.93. The number of piperidine rings is 1. The van der Waals surface area contributed by atoms with E-state index in [2.05, 4.69) is 4.90 Å². The van der Waals surface area contributed by atoms with E-state index >= 15 is 0 Å². The number of ether oxygens (including phenoxy) is 2. The van der Waals surface area contributed by atoms with E-state index < -0.39 is 11.2 Å². The zero-order valence-corrected chi connectivity index (χ0v) is 19.0. The first-order valence-corrected chi connectivity index (χ1v) is 11.4. The normalized spacial score (nSPS) is 23.8. The van der Waals surface area contributed by atoms with Crippen molar-refractivity contribution in [1.29, 1.82) is 0 Å². The highest BCUT2D eigenvalue weighted by atomic mass is 19.1. The van der Waals surface area contributed by atoms with E-state index in [1.54, 1.807) is 31.2 Å². The van der Waals surface area contributed by atoms with Gasteiger partial charge in [-0.3, -0.25) is 4.90 Å². The lowest BCUT2D eigenvalue weighted by Gasteiger charge is -2.42. The molecule has 0 amide bonds. The van der Waals surface area contributed by atoms with Gasteiger partial charge in [0.2, 0.25) is 0 Å². The van der Waals surface area contributed by atoms with Gasteiger partial charge in [-0.15, -0.1) is 0 Å². The van der Waals surface area contributed by atoms with E-state index in [-0.39, 0.29) is 24.8 Å². The summed E-state index contributed by atoms with van der Waals surface area (Å²) in [5, 5.41) is 22.4. The molecule has 6 nitrogen and oxygen atoms in total. The molecule has 0 saturated carbocycles. The van der Waals surface area contributed by atoms with Crippen molar-refractivity contribution in [2.45, 2.75) is 31.0 Å². The summed E-state index contributed by atoms with van der Waals surface area (Å²) >= 11 is 0. The maximum atomic E-state index is 13.5. The van der Waals surface area contributed by atoms with Gasteiger partial charge in [-0.25, -0.2) is 8.78 Å². The van der Waals surface area contributed by atoms with Gasteiger partial charge < -0.3 is 24.6 Å². The first-order chi connectivity index (χ1) is 15.7. The van der Waals surface area contributed by atoms with Crippen LogP contribution in [0.1, 0.15) is 18.4 Å². The van der Waals surface area contributed by atoms with Crippen LogP contribution in [-0.2, 0) is 4.74 Å². The molecule has 2 saturated heterocycles. The van der Waals surface area contributed by atoms with Gasteiger partial charge in [0.05, 0.1) is 18.8 Å². The zero-order valence-electron chi connectivity index (χ0n) is 19.0. The first kappa shape index (κ1) is 23.9. The van der Waals surface area contributed by atoms with E-state index in [1.807, 2.05) is 4.90 Å². The summed E-state index contributed by atoms with van der Waals surface area (Å²) in [4.78, 5) is 4.17. The molecule has 0 bridgehead atoms. The number of nitrogens with zero attached hydrogens (tertiary/aromatic N) is 2. The first-order valence-electron chi connectivity index (χ1n) is 11.4. The summed E-state index contributed by atoms with van der Waals surface area (Å²) in [6.45, 7) is 4.91. The van der Waals surface area contributed by atoms with Crippen LogP contribution in [0.3, 0.4) is 0 Å². The van der Waals surface area contributed by atoms with Crippen molar-refractivity contribution in [3.8, 4) is 5.75 Å². The monoisotopic (exact) mass is 462 g/mol. The minimum atomic E-state index is -1.25. The Morgan fingerprint density at radius 1 is 1.00 bits per heavy atom. The van der Waals surface area contributed by atoms with Crippen molar-refractivity contribution in [2.75, 3.05) is 57.4 Å². The maximum Gasteiger partial charge on any atom is 0.134 e. The number of benzene rings is 2. The summed E-state index contributed by atoms with van der Waals surface area (Å²) in [5.41, 5.74) is -0.697. The molecule has 0 aromatic heterocycles. The predicted octanol–water partition coefficient (Wildman–Crippen LogP) is 2.75. The van der Waals surface area contributed by atoms with Gasteiger partial charge in [-0.05, 0) is 67.8 Å². The van der Waals surface area contributed by atoms with E-state index in [0.29, 0.717) is 63.5 Å². The largest absolute Gasteiger partial charge is 0.490 e. The number of aliphatic hydroxyl groups is 2. The Balaban J connectivity index is 1.33. The number of anilines is 1. The van der Waals surface area contributed by atoms with E-state index in [0.717, 1.165) is 5.69 Å². The molecule has 2 N–H and O–H groups in total. The molecule has 2 heterocycles. The highest BCUT2D eigenvalue weighted by Crippen LogP contribution is 2.28. The van der Waals surface area contributed by atoms with E-state index in [1.165, 1.54) is 18.2 Å². The molecule has 1 atom stereocenters. The summed E-state index contributed by atoms with van der Waals surface area (Å²) in [7, 11) is 0. The van der Waals surface area contributed by atoms with Crippen molar-refractivity contribution in [2.24, 2.45) is 0 Å². The number of β-amino-alcohol motifs (C(OH)–C–C–N with tert-alkyl or cyclic N) is 2. The second-order valence-electron chi connectivity index (χ2n) is 9.38. The van der Waals surface area contributed by atoms with Crippen LogP contribution in [0.2, 0.25) is 0 Å². The Labute approximate surface area is 193 Å². The van der Waals surface area contributed by atoms with Crippen molar-refractivity contribution in [3.05, 3.63) is 59.7 Å². The smallest absolute Gasteiger partial charge is 0.134 e. The molecule has 2 fully saturated rings. The Morgan fingerprint density at radius 2 is 1.73 bits per heavy atom. The van der Waals surface area contributed by atoms with E-state index in [9.17, 15) is 19.0 Å². The van der Waals surface area contributed by atoms with Crippen molar-refractivity contribution in [1.82, 2.24) is 4.90 Å². The minimum absolute atomic E-state index is 0.00530. The SMILES string of the molecule is Cc1cc(OC[C@]2(O)COCCN(CC3(O)CCN(c4ccc(F)cc4)CC3)C2)ccc1F. The van der Waals surface area contributed by atoms with Crippen LogP contribution >= 0.6 is 0 Å². The third-order valence-electron chi connectivity index (χ3n) is 6.48. The third-order valence-corrected chi connectivity index (χ3v) is 6.48. The fourth-order valence-electron chi connectivity index (χ4n) is 4.55. The average Bonchev–Trinajstić information content (AvgIpc) is 2.97. The summed E-state index contributed by atoms with van der Waals surface area (Å²) < 4.78 is 38.1. The molecular weight excluding hydrogens is 430 g/mol. The van der Waals surface area contributed by atoms with E-state index in [4.69, 9.17) is 9.47 Å². The zero-order chi connectivity index (χ0) is 23.5. The molecule has 180 valence electrons. The van der Waals surface area contributed by atoms with Crippen LogP contribution < -0.4 is 9.64 Å². The standard InChI is InChI=1S/C25H32F2N2O4/c1-19-14-22(6-7-23(19)27)33-18-25(31)16-28(12-13-32-17-25)15-24(30)8-10-29(11-9-24)21-4-2-20(26)3-5-21/h2-7,14,30-31H,8-13,15-18H2,1H3/t25-/m1/s1. The number of hydrogen-bond acceptors (Lipinski definition) is 6. The molecule has 8 heteroatoms. The molecule has 0 aliphatic carbocycles. The lowest BCUT2D eigenvalue weighted by Crippen LogP contribution is -2.55. The number of halogens is 2. The molecule has 2 aromatic rings. The van der Waals surface area contributed by atoms with Crippen LogP contribution in [0.25, 0.3) is 0 Å². The molecule has 33 heavy (non-hydrogen) atoms. The van der Waals surface area contributed by atoms with Crippen LogP contribution in [0.15, 0.2) is 42.5 Å². The summed E-state index contributed by atoms with van der Waals surface area (Å²) in [5.74, 6) is -0.0738. The van der Waals surface area contributed by atoms with Gasteiger partial charge in [-0.1, -0.05) is 0 Å². The molecule has 2 aliphatic rings. The third kappa shape index (κ3) is 6.20. The van der Waals surface area contributed by atoms with Gasteiger partial charge in [-0.2, -0.15) is 0 Å². The number of aryl methyl sites for hydroxylation is 1. The van der Waals surface area contributed by atoms with Gasteiger partial charge >= 0.3 is 0 Å². The molecule has 2 aromatic carbocycles. The highest BCUT2D eigenvalue weighted by Gasteiger charge is 2.39. The van der Waals surface area contributed by atoms with Gasteiger partial charge in [0.25, 0.3) is 0 Å². The fraction of sp³-hybridized carbons (Fsp3) is 0.520. The molecule has 0 unspecified atom stereocenters. The fourth-order valence-corrected chi connectivity index (χ4v) is 4.55. The van der Waals surface area contributed by atoms with Crippen LogP contribution in [-0.4, -0.2) is 78.9 Å². The van der Waals surface area contributed by atoms with Crippen LogP contribution in [0.4, 0.5) is 14.5 Å². The lowest BCUT2D eigenvalue weighted by atomic mass is 9.90. The second-order valence-corrected chi connectivity index (χ2v) is 9.38. The molecule has 4 rings (SSSR count). The Morgan fingerprint density at radius 3 is 2.42 bits per heavy atom. The topological polar surface area (TPSA) is 65.4 Å². The summed E-state index contributed by atoms with van der Waals surface area (Å²) in [6.07, 6.45) is 1.15. The Bertz CT molecular complexity index is 935. The molecule has 2 aliphatic heterocycles. The van der Waals surface area contributed by atoms with Crippen molar-refractivity contribution >= 4 is 5.69 Å². The van der Waals surface area contributed by atoms with Gasteiger partial charge in [0, 0.05) is 38.4 Å². The Hall–Kier alpha value is -2.26. The number of rotatable bonds is 6. The summed E-state index contributed by atoms with van der Waals surface area (Å²) in [6, 6.07) is 10.9. The van der Waals surface area contributed by atoms with Crippen LogP contribution in [0, 0.1) is 18.6 Å². The van der Waals surface area contributed by atoms with Gasteiger partial charge in [0.1, 0.15) is 29.6 Å². The number of hydrogen-bond donors (Lipinski definition) is 2. The van der Waals surface area contributed by atoms with Crippen molar-refractivity contribution < 1.29 is 28.5 Å². The minimum Gasteiger partial charge on any atom is -0.490 e. The Kier molecular flexibility index (Phi) is 7.19.